The highest BCUT2D eigenvalue weighted by atomic mass is 35.5. The van der Waals surface area contributed by atoms with Crippen molar-refractivity contribution in [1.82, 2.24) is 10.6 Å². The van der Waals surface area contributed by atoms with E-state index in [0.717, 1.165) is 38.6 Å². The summed E-state index contributed by atoms with van der Waals surface area (Å²) in [6, 6.07) is 10.1. The third-order valence-electron chi connectivity index (χ3n) is 6.10. The number of morpholine rings is 1. The van der Waals surface area contributed by atoms with E-state index in [0.29, 0.717) is 24.0 Å². The van der Waals surface area contributed by atoms with E-state index in [2.05, 4.69) is 33.7 Å². The van der Waals surface area contributed by atoms with Gasteiger partial charge in [-0.1, -0.05) is 18.6 Å². The van der Waals surface area contributed by atoms with Crippen molar-refractivity contribution >= 4 is 18.1 Å². The summed E-state index contributed by atoms with van der Waals surface area (Å²) in [5, 5.41) is 7.66. The van der Waals surface area contributed by atoms with Gasteiger partial charge >= 0.3 is 0 Å². The van der Waals surface area contributed by atoms with Gasteiger partial charge in [-0.2, -0.15) is 0 Å². The molecule has 2 N–H and O–H groups in total. The fourth-order valence-electron chi connectivity index (χ4n) is 4.85. The average molecular weight is 382 g/mol. The lowest BCUT2D eigenvalue weighted by Gasteiger charge is -2.34. The molecule has 2 aliphatic heterocycles. The van der Waals surface area contributed by atoms with E-state index < -0.39 is 0 Å². The molecule has 4 rings (SSSR count). The van der Waals surface area contributed by atoms with Crippen molar-refractivity contribution in [3.63, 3.8) is 0 Å². The summed E-state index contributed by atoms with van der Waals surface area (Å²) >= 11 is 0. The van der Waals surface area contributed by atoms with Crippen molar-refractivity contribution in [2.75, 3.05) is 44.9 Å². The number of nitrogens with zero attached hydrogens (tertiary/aromatic N) is 1. The SMILES string of the molecule is COc1ccccc1N1CCC(NC2CCCC2C2COCCN2)C1.Cl. The van der Waals surface area contributed by atoms with E-state index in [-0.39, 0.29) is 12.4 Å². The number of halogens is 1. The molecule has 26 heavy (non-hydrogen) atoms. The Morgan fingerprint density at radius 3 is 2.92 bits per heavy atom. The van der Waals surface area contributed by atoms with Gasteiger partial charge in [-0.3, -0.25) is 0 Å². The summed E-state index contributed by atoms with van der Waals surface area (Å²) in [6.45, 7) is 4.90. The number of hydrogen-bond acceptors (Lipinski definition) is 5. The standard InChI is InChI=1S/C20H31N3O2.ClH/c1-24-20-8-3-2-7-19(20)23-11-9-15(13-23)22-17-6-4-5-16(17)18-14-25-12-10-21-18;/h2-3,7-8,15-18,21-22H,4-6,9-14H2,1H3;1H. The summed E-state index contributed by atoms with van der Waals surface area (Å²) < 4.78 is 11.2. The normalized spacial score (nSPS) is 31.7. The van der Waals surface area contributed by atoms with Crippen LogP contribution in [0.5, 0.6) is 5.75 Å². The van der Waals surface area contributed by atoms with E-state index in [4.69, 9.17) is 9.47 Å². The number of para-hydroxylation sites is 2. The lowest BCUT2D eigenvalue weighted by molar-refractivity contribution is 0.0518. The van der Waals surface area contributed by atoms with E-state index in [1.165, 1.54) is 31.4 Å². The summed E-state index contributed by atoms with van der Waals surface area (Å²) in [6.07, 6.45) is 5.16. The molecule has 2 heterocycles. The summed E-state index contributed by atoms with van der Waals surface area (Å²) in [5.41, 5.74) is 1.22. The van der Waals surface area contributed by atoms with E-state index in [9.17, 15) is 0 Å². The van der Waals surface area contributed by atoms with Crippen LogP contribution >= 0.6 is 12.4 Å². The molecule has 1 aromatic rings. The summed E-state index contributed by atoms with van der Waals surface area (Å²) in [5.74, 6) is 1.69. The minimum absolute atomic E-state index is 0. The molecular weight excluding hydrogens is 350 g/mol. The maximum absolute atomic E-state index is 5.70. The van der Waals surface area contributed by atoms with Gasteiger partial charge in [0.05, 0.1) is 26.0 Å². The molecule has 1 aromatic carbocycles. The van der Waals surface area contributed by atoms with Crippen LogP contribution in [0.25, 0.3) is 0 Å². The molecule has 4 atom stereocenters. The minimum atomic E-state index is 0. The van der Waals surface area contributed by atoms with Crippen molar-refractivity contribution in [3.8, 4) is 5.75 Å². The molecule has 146 valence electrons. The Balaban J connectivity index is 0.00000196. The van der Waals surface area contributed by atoms with Gasteiger partial charge in [-0.05, 0) is 37.3 Å². The highest BCUT2D eigenvalue weighted by molar-refractivity contribution is 5.85. The molecule has 0 radical (unpaired) electrons. The molecule has 0 spiro atoms. The first-order valence-electron chi connectivity index (χ1n) is 9.80. The van der Waals surface area contributed by atoms with Crippen molar-refractivity contribution in [2.24, 2.45) is 5.92 Å². The maximum Gasteiger partial charge on any atom is 0.142 e. The first kappa shape index (κ1) is 19.7. The fourth-order valence-corrected chi connectivity index (χ4v) is 4.85. The predicted octanol–water partition coefficient (Wildman–Crippen LogP) is 2.44. The zero-order valence-corrected chi connectivity index (χ0v) is 16.5. The summed E-state index contributed by atoms with van der Waals surface area (Å²) in [4.78, 5) is 2.46. The van der Waals surface area contributed by atoms with Crippen molar-refractivity contribution in [2.45, 2.75) is 43.8 Å². The molecule has 5 nitrogen and oxygen atoms in total. The van der Waals surface area contributed by atoms with Gasteiger partial charge in [-0.25, -0.2) is 0 Å². The molecule has 2 saturated heterocycles. The predicted molar refractivity (Wildman–Crippen MR) is 108 cm³/mol. The Hall–Kier alpha value is -1.01. The number of nitrogens with one attached hydrogen (secondary N) is 2. The average Bonchev–Trinajstić information content (AvgIpc) is 3.32. The molecule has 4 unspecified atom stereocenters. The van der Waals surface area contributed by atoms with Gasteiger partial charge in [0.2, 0.25) is 0 Å². The zero-order chi connectivity index (χ0) is 17.1. The first-order chi connectivity index (χ1) is 12.3. The van der Waals surface area contributed by atoms with Gasteiger partial charge in [0, 0.05) is 37.8 Å². The first-order valence-corrected chi connectivity index (χ1v) is 9.80. The zero-order valence-electron chi connectivity index (χ0n) is 15.7. The van der Waals surface area contributed by atoms with Gasteiger partial charge in [0.15, 0.2) is 0 Å². The number of rotatable bonds is 5. The van der Waals surface area contributed by atoms with Crippen LogP contribution in [0.15, 0.2) is 24.3 Å². The molecule has 0 bridgehead atoms. The van der Waals surface area contributed by atoms with Crippen molar-refractivity contribution in [3.05, 3.63) is 24.3 Å². The fraction of sp³-hybridized carbons (Fsp3) is 0.700. The molecule has 3 fully saturated rings. The molecule has 1 saturated carbocycles. The Kier molecular flexibility index (Phi) is 7.04. The number of ether oxygens (including phenoxy) is 2. The Bertz CT molecular complexity index is 568. The van der Waals surface area contributed by atoms with Crippen LogP contribution in [-0.4, -0.2) is 58.1 Å². The molecule has 0 aromatic heterocycles. The van der Waals surface area contributed by atoms with Crippen LogP contribution in [0.1, 0.15) is 25.7 Å². The largest absolute Gasteiger partial charge is 0.495 e. The Morgan fingerprint density at radius 1 is 1.23 bits per heavy atom. The highest BCUT2D eigenvalue weighted by Gasteiger charge is 2.36. The van der Waals surface area contributed by atoms with Gasteiger partial charge in [0.1, 0.15) is 5.75 Å². The third-order valence-corrected chi connectivity index (χ3v) is 6.10. The van der Waals surface area contributed by atoms with Crippen LogP contribution < -0.4 is 20.3 Å². The smallest absolute Gasteiger partial charge is 0.142 e. The second kappa shape index (κ2) is 9.27. The van der Waals surface area contributed by atoms with E-state index in [1.54, 1.807) is 7.11 Å². The van der Waals surface area contributed by atoms with E-state index >= 15 is 0 Å². The van der Waals surface area contributed by atoms with Crippen LogP contribution in [-0.2, 0) is 4.74 Å². The monoisotopic (exact) mass is 381 g/mol. The number of hydrogen-bond donors (Lipinski definition) is 2. The van der Waals surface area contributed by atoms with Crippen LogP contribution in [0.2, 0.25) is 0 Å². The van der Waals surface area contributed by atoms with Gasteiger partial charge in [0.25, 0.3) is 0 Å². The number of methoxy groups -OCH3 is 1. The van der Waals surface area contributed by atoms with Gasteiger partial charge in [-0.15, -0.1) is 12.4 Å². The molecule has 3 aliphatic rings. The number of benzene rings is 1. The quantitative estimate of drug-likeness (QED) is 0.820. The Morgan fingerprint density at radius 2 is 2.12 bits per heavy atom. The lowest BCUT2D eigenvalue weighted by Crippen LogP contribution is -2.52. The summed E-state index contributed by atoms with van der Waals surface area (Å²) in [7, 11) is 1.76. The van der Waals surface area contributed by atoms with Gasteiger partial charge < -0.3 is 25.0 Å². The van der Waals surface area contributed by atoms with Crippen molar-refractivity contribution < 1.29 is 9.47 Å². The highest BCUT2D eigenvalue weighted by Crippen LogP contribution is 2.33. The molecule has 1 aliphatic carbocycles. The third kappa shape index (κ3) is 4.28. The minimum Gasteiger partial charge on any atom is -0.495 e. The van der Waals surface area contributed by atoms with Crippen LogP contribution in [0, 0.1) is 5.92 Å². The van der Waals surface area contributed by atoms with E-state index in [1.807, 2.05) is 6.07 Å². The van der Waals surface area contributed by atoms with Crippen molar-refractivity contribution in [1.29, 1.82) is 0 Å². The van der Waals surface area contributed by atoms with Crippen LogP contribution in [0.3, 0.4) is 0 Å². The lowest BCUT2D eigenvalue weighted by atomic mass is 9.93. The maximum atomic E-state index is 5.70. The molecule has 0 amide bonds. The Labute approximate surface area is 163 Å². The van der Waals surface area contributed by atoms with Crippen LogP contribution in [0.4, 0.5) is 5.69 Å². The second-order valence-electron chi connectivity index (χ2n) is 7.61. The molecule has 6 heteroatoms. The number of anilines is 1. The second-order valence-corrected chi connectivity index (χ2v) is 7.61. The molecular formula is C20H32ClN3O2. The topological polar surface area (TPSA) is 45.8 Å².